The molecule has 1 aromatic heterocycles. The van der Waals surface area contributed by atoms with Gasteiger partial charge >= 0.3 is 16.2 Å². The lowest BCUT2D eigenvalue weighted by molar-refractivity contribution is -0.134. The molecule has 0 saturated heterocycles. The zero-order valence-electron chi connectivity index (χ0n) is 9.69. The minimum absolute atomic E-state index is 0.268. The molecule has 0 atom stereocenters. The zero-order chi connectivity index (χ0) is 13.1. The average molecular weight is 259 g/mol. The third-order valence-electron chi connectivity index (χ3n) is 1.93. The number of hydrogen-bond donors (Lipinski definition) is 0. The predicted molar refractivity (Wildman–Crippen MR) is 61.3 cm³/mol. The van der Waals surface area contributed by atoms with E-state index in [0.717, 1.165) is 20.7 Å². The summed E-state index contributed by atoms with van der Waals surface area (Å²) in [7, 11) is 0.414. The minimum atomic E-state index is -3.63. The van der Waals surface area contributed by atoms with E-state index in [-0.39, 0.29) is 5.69 Å². The Morgan fingerprint density at radius 2 is 2.18 bits per heavy atom. The molecule has 0 amide bonds. The molecular formula is C9H13N3O4S. The summed E-state index contributed by atoms with van der Waals surface area (Å²) < 4.78 is 30.1. The van der Waals surface area contributed by atoms with E-state index in [0.29, 0.717) is 0 Å². The maximum Gasteiger partial charge on any atom is 0.330 e. The van der Waals surface area contributed by atoms with E-state index < -0.39 is 16.2 Å². The summed E-state index contributed by atoms with van der Waals surface area (Å²) in [6.07, 6.45) is 4.94. The second-order valence-corrected chi connectivity index (χ2v) is 5.28. The van der Waals surface area contributed by atoms with Gasteiger partial charge in [-0.3, -0.25) is 0 Å². The number of ether oxygens (including phenoxy) is 1. The molecule has 0 fully saturated rings. The fourth-order valence-corrected chi connectivity index (χ4v) is 1.90. The van der Waals surface area contributed by atoms with Crippen LogP contribution in [0.4, 0.5) is 0 Å². The van der Waals surface area contributed by atoms with Gasteiger partial charge in [0.1, 0.15) is 6.33 Å². The van der Waals surface area contributed by atoms with Gasteiger partial charge < -0.3 is 4.74 Å². The fraction of sp³-hybridized carbons (Fsp3) is 0.333. The molecule has 0 spiro atoms. The predicted octanol–water partition coefficient (Wildman–Crippen LogP) is -0.276. The molecule has 0 N–H and O–H groups in total. The summed E-state index contributed by atoms with van der Waals surface area (Å²) in [6.45, 7) is 0. The van der Waals surface area contributed by atoms with Gasteiger partial charge in [-0.1, -0.05) is 0 Å². The highest BCUT2D eigenvalue weighted by Crippen LogP contribution is 2.08. The molecule has 0 bridgehead atoms. The monoisotopic (exact) mass is 259 g/mol. The molecule has 94 valence electrons. The van der Waals surface area contributed by atoms with Crippen LogP contribution in [0.25, 0.3) is 6.08 Å². The van der Waals surface area contributed by atoms with E-state index in [4.69, 9.17) is 0 Å². The van der Waals surface area contributed by atoms with Gasteiger partial charge in [-0.2, -0.15) is 12.7 Å². The van der Waals surface area contributed by atoms with Crippen molar-refractivity contribution in [3.63, 3.8) is 0 Å². The van der Waals surface area contributed by atoms with E-state index in [1.54, 1.807) is 0 Å². The molecule has 0 aliphatic carbocycles. The molecule has 8 heteroatoms. The number of carbonyl (C=O) groups is 1. The van der Waals surface area contributed by atoms with E-state index in [1.165, 1.54) is 33.5 Å². The average Bonchev–Trinajstić information content (AvgIpc) is 2.74. The number of hydrogen-bond acceptors (Lipinski definition) is 5. The summed E-state index contributed by atoms with van der Waals surface area (Å²) in [6, 6.07) is 0. The normalized spacial score (nSPS) is 12.2. The van der Waals surface area contributed by atoms with Crippen LogP contribution < -0.4 is 0 Å². The van der Waals surface area contributed by atoms with Crippen LogP contribution in [-0.2, 0) is 19.7 Å². The number of nitrogens with zero attached hydrogens (tertiary/aromatic N) is 3. The second-order valence-electron chi connectivity index (χ2n) is 3.26. The second kappa shape index (κ2) is 5.11. The molecule has 0 radical (unpaired) electrons. The minimum Gasteiger partial charge on any atom is -0.466 e. The van der Waals surface area contributed by atoms with Gasteiger partial charge in [0, 0.05) is 20.2 Å². The molecule has 7 nitrogen and oxygen atoms in total. The lowest BCUT2D eigenvalue weighted by Crippen LogP contribution is -2.29. The Morgan fingerprint density at radius 3 is 2.71 bits per heavy atom. The number of aromatic nitrogens is 2. The molecule has 0 saturated carbocycles. The van der Waals surface area contributed by atoms with Gasteiger partial charge in [-0.05, 0) is 6.08 Å². The largest absolute Gasteiger partial charge is 0.466 e. The van der Waals surface area contributed by atoms with Crippen LogP contribution in [0, 0.1) is 0 Å². The van der Waals surface area contributed by atoms with Crippen LogP contribution in [0.1, 0.15) is 5.69 Å². The van der Waals surface area contributed by atoms with Gasteiger partial charge in [0.15, 0.2) is 0 Å². The Hall–Kier alpha value is -1.67. The van der Waals surface area contributed by atoms with E-state index in [1.807, 2.05) is 0 Å². The summed E-state index contributed by atoms with van der Waals surface area (Å²) in [4.78, 5) is 14.6. The van der Waals surface area contributed by atoms with Crippen LogP contribution in [0.5, 0.6) is 0 Å². The molecule has 1 aromatic rings. The summed E-state index contributed by atoms with van der Waals surface area (Å²) in [5.41, 5.74) is 0.268. The van der Waals surface area contributed by atoms with Crippen molar-refractivity contribution in [3.8, 4) is 0 Å². The van der Waals surface area contributed by atoms with Crippen molar-refractivity contribution in [2.75, 3.05) is 21.2 Å². The van der Waals surface area contributed by atoms with Gasteiger partial charge in [-0.25, -0.2) is 13.8 Å². The first kappa shape index (κ1) is 13.4. The quantitative estimate of drug-likeness (QED) is 0.549. The molecule has 0 aliphatic rings. The van der Waals surface area contributed by atoms with Crippen molar-refractivity contribution in [2.45, 2.75) is 0 Å². The molecule has 0 aromatic carbocycles. The van der Waals surface area contributed by atoms with E-state index >= 15 is 0 Å². The van der Waals surface area contributed by atoms with Crippen LogP contribution in [0.3, 0.4) is 0 Å². The van der Waals surface area contributed by atoms with Gasteiger partial charge in [0.05, 0.1) is 19.0 Å². The number of imidazole rings is 1. The number of carbonyl (C=O) groups excluding carboxylic acids is 1. The molecule has 1 heterocycles. The first-order chi connectivity index (χ1) is 7.89. The number of rotatable bonds is 4. The highest BCUT2D eigenvalue weighted by molar-refractivity contribution is 7.87. The van der Waals surface area contributed by atoms with Crippen molar-refractivity contribution in [3.05, 3.63) is 24.3 Å². The highest BCUT2D eigenvalue weighted by Gasteiger charge is 2.18. The first-order valence-electron chi connectivity index (χ1n) is 4.61. The summed E-state index contributed by atoms with van der Waals surface area (Å²) >= 11 is 0. The van der Waals surface area contributed by atoms with Crippen molar-refractivity contribution >= 4 is 22.3 Å². The molecule has 0 aliphatic heterocycles. The highest BCUT2D eigenvalue weighted by atomic mass is 32.2. The van der Waals surface area contributed by atoms with Crippen molar-refractivity contribution in [2.24, 2.45) is 0 Å². The topological polar surface area (TPSA) is 81.5 Å². The summed E-state index contributed by atoms with van der Waals surface area (Å²) in [5.74, 6) is -0.569. The third kappa shape index (κ3) is 2.92. The maximum absolute atomic E-state index is 11.8. The Morgan fingerprint density at radius 1 is 1.53 bits per heavy atom. The first-order valence-corrected chi connectivity index (χ1v) is 6.00. The maximum atomic E-state index is 11.8. The Balaban J connectivity index is 3.11. The Kier molecular flexibility index (Phi) is 4.02. The number of methoxy groups -OCH3 is 1. The van der Waals surface area contributed by atoms with Gasteiger partial charge in [-0.15, -0.1) is 0 Å². The van der Waals surface area contributed by atoms with Crippen molar-refractivity contribution in [1.82, 2.24) is 13.3 Å². The van der Waals surface area contributed by atoms with Crippen LogP contribution >= 0.6 is 0 Å². The standard InChI is InChI=1S/C9H13N3O4S/c1-11(2)17(14,15)12-7-10-6-8(12)4-5-9(13)16-3/h4-7H,1-3H3/b5-4+. The Labute approximate surface area is 99.5 Å². The Bertz CT molecular complexity index is 530. The third-order valence-corrected chi connectivity index (χ3v) is 3.66. The van der Waals surface area contributed by atoms with Crippen molar-refractivity contribution < 1.29 is 17.9 Å². The van der Waals surface area contributed by atoms with Gasteiger partial charge in [0.25, 0.3) is 0 Å². The van der Waals surface area contributed by atoms with Crippen LogP contribution in [-0.4, -0.2) is 48.9 Å². The zero-order valence-corrected chi connectivity index (χ0v) is 10.5. The van der Waals surface area contributed by atoms with Crippen LogP contribution in [0.15, 0.2) is 18.6 Å². The van der Waals surface area contributed by atoms with Crippen LogP contribution in [0.2, 0.25) is 0 Å². The lowest BCUT2D eigenvalue weighted by atomic mass is 10.4. The molecule has 17 heavy (non-hydrogen) atoms. The van der Waals surface area contributed by atoms with E-state index in [9.17, 15) is 13.2 Å². The summed E-state index contributed by atoms with van der Waals surface area (Å²) in [5, 5.41) is 0. The molecule has 0 unspecified atom stereocenters. The lowest BCUT2D eigenvalue weighted by Gasteiger charge is -2.12. The smallest absolute Gasteiger partial charge is 0.330 e. The SMILES string of the molecule is COC(=O)/C=C/c1cncn1S(=O)(=O)N(C)C. The van der Waals surface area contributed by atoms with Gasteiger partial charge in [0.2, 0.25) is 0 Å². The van der Waals surface area contributed by atoms with E-state index in [2.05, 4.69) is 9.72 Å². The molecular weight excluding hydrogens is 246 g/mol. The molecule has 1 rings (SSSR count). The van der Waals surface area contributed by atoms with Crippen molar-refractivity contribution in [1.29, 1.82) is 0 Å². The fourth-order valence-electron chi connectivity index (χ4n) is 1.00. The number of esters is 1.